The van der Waals surface area contributed by atoms with Crippen molar-refractivity contribution in [2.45, 2.75) is 19.3 Å². The van der Waals surface area contributed by atoms with E-state index in [1.165, 1.54) is 12.8 Å². The lowest BCUT2D eigenvalue weighted by Gasteiger charge is -2.32. The normalized spacial score (nSPS) is 22.8. The van der Waals surface area contributed by atoms with Crippen LogP contribution in [0.2, 0.25) is 0 Å². The molecule has 0 bridgehead atoms. The van der Waals surface area contributed by atoms with E-state index in [9.17, 15) is 0 Å². The van der Waals surface area contributed by atoms with Crippen molar-refractivity contribution in [2.24, 2.45) is 5.10 Å². The van der Waals surface area contributed by atoms with Gasteiger partial charge in [-0.1, -0.05) is 6.07 Å². The highest BCUT2D eigenvalue weighted by Crippen LogP contribution is 2.19. The van der Waals surface area contributed by atoms with E-state index >= 15 is 0 Å². The third kappa shape index (κ3) is 3.04. The number of amidine groups is 1. The molecule has 2 fully saturated rings. The Morgan fingerprint density at radius 2 is 2.00 bits per heavy atom. The molecule has 0 unspecified atom stereocenters. The lowest BCUT2D eigenvalue weighted by molar-refractivity contribution is 0.0391. The number of hydrogen-bond acceptors (Lipinski definition) is 4. The molecule has 19 heavy (non-hydrogen) atoms. The summed E-state index contributed by atoms with van der Waals surface area (Å²) in [6.07, 6.45) is 5.30. The predicted molar refractivity (Wildman–Crippen MR) is 75.3 cm³/mol. The number of morpholine rings is 1. The van der Waals surface area contributed by atoms with Gasteiger partial charge in [-0.05, 0) is 25.0 Å². The van der Waals surface area contributed by atoms with Crippen LogP contribution in [-0.4, -0.2) is 48.7 Å². The fourth-order valence-electron chi connectivity index (χ4n) is 2.50. The Morgan fingerprint density at radius 1 is 1.11 bits per heavy atom. The summed E-state index contributed by atoms with van der Waals surface area (Å²) in [6.45, 7) is 4.35. The van der Waals surface area contributed by atoms with Gasteiger partial charge >= 0.3 is 0 Å². The van der Waals surface area contributed by atoms with Crippen LogP contribution in [0, 0.1) is 0 Å². The van der Waals surface area contributed by atoms with Crippen molar-refractivity contribution in [2.75, 3.05) is 37.7 Å². The van der Waals surface area contributed by atoms with Gasteiger partial charge in [0.2, 0.25) is 0 Å². The molecular formula is C14H20N4O. The summed E-state index contributed by atoms with van der Waals surface area (Å²) in [5, 5.41) is 6.93. The van der Waals surface area contributed by atoms with Gasteiger partial charge in [-0.2, -0.15) is 5.10 Å². The van der Waals surface area contributed by atoms with Gasteiger partial charge in [0.05, 0.1) is 26.3 Å². The molecule has 3 rings (SSSR count). The Kier molecular flexibility index (Phi) is 3.93. The lowest BCUT2D eigenvalue weighted by Crippen LogP contribution is -2.40. The predicted octanol–water partition coefficient (Wildman–Crippen LogP) is 1.72. The van der Waals surface area contributed by atoms with Gasteiger partial charge in [-0.3, -0.25) is 5.01 Å². The van der Waals surface area contributed by atoms with Crippen molar-refractivity contribution in [1.29, 1.82) is 0 Å². The van der Waals surface area contributed by atoms with Gasteiger partial charge in [0.1, 0.15) is 11.7 Å². The number of piperidine rings is 1. The van der Waals surface area contributed by atoms with Crippen LogP contribution in [0.4, 0.5) is 5.82 Å². The molecule has 0 spiro atoms. The summed E-state index contributed by atoms with van der Waals surface area (Å²) in [5.41, 5.74) is 0. The highest BCUT2D eigenvalue weighted by molar-refractivity contribution is 5.97. The fourth-order valence-corrected chi connectivity index (χ4v) is 2.50. The third-order valence-corrected chi connectivity index (χ3v) is 3.51. The van der Waals surface area contributed by atoms with Gasteiger partial charge in [0, 0.05) is 19.2 Å². The molecule has 5 nitrogen and oxygen atoms in total. The molecule has 1 aromatic rings. The second-order valence-electron chi connectivity index (χ2n) is 4.88. The molecule has 0 amide bonds. The molecule has 0 N–H and O–H groups in total. The van der Waals surface area contributed by atoms with E-state index in [2.05, 4.69) is 21.0 Å². The first-order chi connectivity index (χ1) is 9.43. The van der Waals surface area contributed by atoms with Crippen LogP contribution in [0.5, 0.6) is 0 Å². The fraction of sp³-hybridized carbons (Fsp3) is 0.571. The number of hydrogen-bond donors (Lipinski definition) is 0. The molecule has 0 atom stereocenters. The molecule has 5 heteroatoms. The number of rotatable bonds is 2. The molecular weight excluding hydrogens is 240 g/mol. The Morgan fingerprint density at radius 3 is 2.79 bits per heavy atom. The minimum absolute atomic E-state index is 0.778. The second-order valence-corrected chi connectivity index (χ2v) is 4.88. The number of ether oxygens (including phenoxy) is 1. The van der Waals surface area contributed by atoms with Gasteiger partial charge < -0.3 is 9.64 Å². The monoisotopic (exact) mass is 260 g/mol. The maximum atomic E-state index is 5.36. The van der Waals surface area contributed by atoms with Crippen molar-refractivity contribution < 1.29 is 4.74 Å². The maximum Gasteiger partial charge on any atom is 0.133 e. The summed E-state index contributed by atoms with van der Waals surface area (Å²) < 4.78 is 5.36. The molecule has 0 saturated carbocycles. The largest absolute Gasteiger partial charge is 0.378 e. The van der Waals surface area contributed by atoms with Crippen LogP contribution < -0.4 is 4.90 Å². The minimum Gasteiger partial charge on any atom is -0.378 e. The second kappa shape index (κ2) is 6.02. The molecule has 0 aromatic carbocycles. The highest BCUT2D eigenvalue weighted by atomic mass is 16.5. The van der Waals surface area contributed by atoms with Crippen molar-refractivity contribution >= 4 is 11.7 Å². The molecule has 102 valence electrons. The van der Waals surface area contributed by atoms with Gasteiger partial charge in [-0.25, -0.2) is 4.98 Å². The van der Waals surface area contributed by atoms with E-state index < -0.39 is 0 Å². The Balaban J connectivity index is 1.78. The summed E-state index contributed by atoms with van der Waals surface area (Å²) in [7, 11) is 0. The van der Waals surface area contributed by atoms with Gasteiger partial charge in [0.15, 0.2) is 0 Å². The Bertz CT molecular complexity index is 428. The summed E-state index contributed by atoms with van der Waals surface area (Å²) >= 11 is 0. The van der Waals surface area contributed by atoms with Crippen molar-refractivity contribution in [1.82, 2.24) is 9.99 Å². The molecule has 2 aliphatic rings. The van der Waals surface area contributed by atoms with Gasteiger partial charge in [-0.15, -0.1) is 0 Å². The molecule has 0 aliphatic carbocycles. The van der Waals surface area contributed by atoms with Crippen LogP contribution in [0.15, 0.2) is 29.5 Å². The van der Waals surface area contributed by atoms with Crippen molar-refractivity contribution in [3.63, 3.8) is 0 Å². The number of anilines is 1. The van der Waals surface area contributed by atoms with Crippen LogP contribution in [0.3, 0.4) is 0 Å². The quantitative estimate of drug-likeness (QED) is 0.812. The third-order valence-electron chi connectivity index (χ3n) is 3.51. The van der Waals surface area contributed by atoms with Crippen molar-refractivity contribution in [3.8, 4) is 0 Å². The summed E-state index contributed by atoms with van der Waals surface area (Å²) in [4.78, 5) is 6.70. The average Bonchev–Trinajstić information content (AvgIpc) is 2.50. The van der Waals surface area contributed by atoms with Crippen molar-refractivity contribution in [3.05, 3.63) is 24.4 Å². The Hall–Kier alpha value is -1.62. The maximum absolute atomic E-state index is 5.36. The van der Waals surface area contributed by atoms with Gasteiger partial charge in [0.25, 0.3) is 0 Å². The summed E-state index contributed by atoms with van der Waals surface area (Å²) in [6, 6.07) is 6.04. The standard InChI is InChI=1S/C14H20N4O/c1-3-7-15-13(5-1)18-8-4-2-6-14(18)16-17-9-11-19-12-10-17/h1,3,5,7H,2,4,6,8-12H2. The first kappa shape index (κ1) is 12.4. The topological polar surface area (TPSA) is 41.0 Å². The van der Waals surface area contributed by atoms with Crippen LogP contribution in [0.1, 0.15) is 19.3 Å². The lowest BCUT2D eigenvalue weighted by atomic mass is 10.1. The first-order valence-electron chi connectivity index (χ1n) is 7.02. The van der Waals surface area contributed by atoms with E-state index in [-0.39, 0.29) is 0 Å². The zero-order chi connectivity index (χ0) is 12.9. The number of nitrogens with zero attached hydrogens (tertiary/aromatic N) is 4. The van der Waals surface area contributed by atoms with E-state index in [4.69, 9.17) is 9.84 Å². The zero-order valence-electron chi connectivity index (χ0n) is 11.2. The molecule has 2 saturated heterocycles. The van der Waals surface area contributed by atoms with E-state index in [1.54, 1.807) is 0 Å². The van der Waals surface area contributed by atoms with E-state index in [0.717, 1.165) is 50.9 Å². The zero-order valence-corrected chi connectivity index (χ0v) is 11.2. The first-order valence-corrected chi connectivity index (χ1v) is 7.02. The molecule has 0 radical (unpaired) electrons. The van der Waals surface area contributed by atoms with Crippen LogP contribution >= 0.6 is 0 Å². The van der Waals surface area contributed by atoms with Crippen LogP contribution in [-0.2, 0) is 4.74 Å². The highest BCUT2D eigenvalue weighted by Gasteiger charge is 2.20. The smallest absolute Gasteiger partial charge is 0.133 e. The number of aromatic nitrogens is 1. The molecule has 3 heterocycles. The SMILES string of the molecule is c1ccc(N2CCCCC2=NN2CCOCC2)nc1. The van der Waals surface area contributed by atoms with E-state index in [1.807, 2.05) is 18.3 Å². The molecule has 1 aromatic heterocycles. The van der Waals surface area contributed by atoms with Crippen LogP contribution in [0.25, 0.3) is 0 Å². The number of hydrazone groups is 1. The summed E-state index contributed by atoms with van der Waals surface area (Å²) in [5.74, 6) is 2.15. The number of pyridine rings is 1. The van der Waals surface area contributed by atoms with E-state index in [0.29, 0.717) is 0 Å². The molecule has 2 aliphatic heterocycles. The minimum atomic E-state index is 0.778. The average molecular weight is 260 g/mol. The Labute approximate surface area is 113 Å².